The number of ether oxygens (including phenoxy) is 3. The summed E-state index contributed by atoms with van der Waals surface area (Å²) in [5.74, 6) is 1.96. The minimum atomic E-state index is 0.332. The number of para-hydroxylation sites is 1. The summed E-state index contributed by atoms with van der Waals surface area (Å²) in [6.07, 6.45) is 0.779. The normalized spacial score (nSPS) is 9.90. The Morgan fingerprint density at radius 2 is 1.65 bits per heavy atom. The zero-order chi connectivity index (χ0) is 14.4. The van der Waals surface area contributed by atoms with Crippen molar-refractivity contribution in [2.24, 2.45) is 0 Å². The van der Waals surface area contributed by atoms with Crippen LogP contribution < -0.4 is 14.2 Å². The van der Waals surface area contributed by atoms with E-state index in [0.29, 0.717) is 29.4 Å². The van der Waals surface area contributed by atoms with Crippen LogP contribution in [0.25, 0.3) is 0 Å². The maximum Gasteiger partial charge on any atom is 0.153 e. The summed E-state index contributed by atoms with van der Waals surface area (Å²) in [6, 6.07) is 12.6. The molecule has 2 aromatic rings. The van der Waals surface area contributed by atoms with Gasteiger partial charge >= 0.3 is 0 Å². The second-order valence-corrected chi connectivity index (χ2v) is 4.17. The van der Waals surface area contributed by atoms with Crippen LogP contribution >= 0.6 is 0 Å². The summed E-state index contributed by atoms with van der Waals surface area (Å²) in [6.45, 7) is 0.332. The van der Waals surface area contributed by atoms with Crippen molar-refractivity contribution in [3.05, 3.63) is 53.6 Å². The lowest BCUT2D eigenvalue weighted by molar-refractivity contribution is 0.111. The van der Waals surface area contributed by atoms with E-state index < -0.39 is 0 Å². The topological polar surface area (TPSA) is 44.8 Å². The second-order valence-electron chi connectivity index (χ2n) is 4.17. The summed E-state index contributed by atoms with van der Waals surface area (Å²) in [7, 11) is 3.20. The molecule has 0 saturated carbocycles. The predicted octanol–water partition coefficient (Wildman–Crippen LogP) is 3.10. The quantitative estimate of drug-likeness (QED) is 0.758. The molecule has 20 heavy (non-hydrogen) atoms. The smallest absolute Gasteiger partial charge is 0.153 e. The third kappa shape index (κ3) is 3.29. The zero-order valence-corrected chi connectivity index (χ0v) is 11.5. The molecule has 4 heteroatoms. The number of aldehydes is 1. The zero-order valence-electron chi connectivity index (χ0n) is 11.5. The van der Waals surface area contributed by atoms with E-state index in [4.69, 9.17) is 14.2 Å². The molecular formula is C16H16O4. The summed E-state index contributed by atoms with van der Waals surface area (Å²) in [5.41, 5.74) is 1.43. The lowest BCUT2D eigenvalue weighted by Crippen LogP contribution is -1.99. The number of hydrogen-bond acceptors (Lipinski definition) is 4. The number of carbonyl (C=O) groups is 1. The maximum atomic E-state index is 10.9. The number of benzene rings is 2. The molecule has 0 fully saturated rings. The van der Waals surface area contributed by atoms with E-state index in [9.17, 15) is 4.79 Å². The highest BCUT2D eigenvalue weighted by Gasteiger charge is 2.05. The summed E-state index contributed by atoms with van der Waals surface area (Å²) < 4.78 is 16.1. The van der Waals surface area contributed by atoms with Gasteiger partial charge in [-0.3, -0.25) is 4.79 Å². The molecule has 4 nitrogen and oxygen atoms in total. The molecule has 0 aliphatic carbocycles. The van der Waals surface area contributed by atoms with Crippen molar-refractivity contribution in [2.45, 2.75) is 6.61 Å². The fraction of sp³-hybridized carbons (Fsp3) is 0.188. The number of methoxy groups -OCH3 is 2. The molecule has 2 aromatic carbocycles. The Kier molecular flexibility index (Phi) is 4.60. The molecule has 104 valence electrons. The van der Waals surface area contributed by atoms with Crippen LogP contribution in [0, 0.1) is 0 Å². The van der Waals surface area contributed by atoms with Crippen LogP contribution in [0.1, 0.15) is 15.9 Å². The van der Waals surface area contributed by atoms with Crippen LogP contribution in [0.15, 0.2) is 42.5 Å². The molecule has 2 rings (SSSR count). The molecule has 0 aromatic heterocycles. The standard InChI is InChI=1S/C16H16O4/c1-18-14-7-12(8-15(9-14)19-2)11-20-16-6-4-3-5-13(16)10-17/h3-10H,11H2,1-2H3. The van der Waals surface area contributed by atoms with Crippen molar-refractivity contribution in [3.63, 3.8) is 0 Å². The van der Waals surface area contributed by atoms with Crippen molar-refractivity contribution >= 4 is 6.29 Å². The molecule has 0 heterocycles. The fourth-order valence-corrected chi connectivity index (χ4v) is 1.82. The van der Waals surface area contributed by atoms with Crippen molar-refractivity contribution in [1.29, 1.82) is 0 Å². The lowest BCUT2D eigenvalue weighted by atomic mass is 10.2. The first-order valence-corrected chi connectivity index (χ1v) is 6.15. The molecule has 0 N–H and O–H groups in total. The van der Waals surface area contributed by atoms with Crippen LogP contribution in [0.4, 0.5) is 0 Å². The average molecular weight is 272 g/mol. The van der Waals surface area contributed by atoms with Gasteiger partial charge in [-0.1, -0.05) is 12.1 Å². The van der Waals surface area contributed by atoms with E-state index in [0.717, 1.165) is 11.8 Å². The fourth-order valence-electron chi connectivity index (χ4n) is 1.82. The van der Waals surface area contributed by atoms with Crippen LogP contribution in [-0.4, -0.2) is 20.5 Å². The van der Waals surface area contributed by atoms with E-state index in [-0.39, 0.29) is 0 Å². The van der Waals surface area contributed by atoms with E-state index in [1.807, 2.05) is 18.2 Å². The Bertz CT molecular complexity index is 571. The minimum Gasteiger partial charge on any atom is -0.497 e. The molecule has 0 radical (unpaired) electrons. The van der Waals surface area contributed by atoms with Gasteiger partial charge in [-0.15, -0.1) is 0 Å². The van der Waals surface area contributed by atoms with Crippen LogP contribution in [0.5, 0.6) is 17.2 Å². The average Bonchev–Trinajstić information content (AvgIpc) is 2.52. The second kappa shape index (κ2) is 6.61. The van der Waals surface area contributed by atoms with Gasteiger partial charge in [0.25, 0.3) is 0 Å². The Balaban J connectivity index is 2.16. The highest BCUT2D eigenvalue weighted by atomic mass is 16.5. The van der Waals surface area contributed by atoms with Gasteiger partial charge in [-0.2, -0.15) is 0 Å². The largest absolute Gasteiger partial charge is 0.497 e. The van der Waals surface area contributed by atoms with Gasteiger partial charge in [0, 0.05) is 6.07 Å². The molecule has 0 saturated heterocycles. The van der Waals surface area contributed by atoms with Crippen LogP contribution in [0.2, 0.25) is 0 Å². The molecule has 0 unspecified atom stereocenters. The van der Waals surface area contributed by atoms with Gasteiger partial charge in [-0.05, 0) is 29.8 Å². The van der Waals surface area contributed by atoms with Gasteiger partial charge in [0.05, 0.1) is 19.8 Å². The highest BCUT2D eigenvalue weighted by Crippen LogP contribution is 2.24. The summed E-state index contributed by atoms with van der Waals surface area (Å²) in [5, 5.41) is 0. The van der Waals surface area contributed by atoms with Crippen LogP contribution in [0.3, 0.4) is 0 Å². The molecular weight excluding hydrogens is 256 g/mol. The number of rotatable bonds is 6. The third-order valence-electron chi connectivity index (χ3n) is 2.85. The maximum absolute atomic E-state index is 10.9. The van der Waals surface area contributed by atoms with Crippen molar-refractivity contribution < 1.29 is 19.0 Å². The molecule has 0 spiro atoms. The Labute approximate surface area is 117 Å². The van der Waals surface area contributed by atoms with Gasteiger partial charge in [0.1, 0.15) is 23.9 Å². The first-order chi connectivity index (χ1) is 9.76. The Morgan fingerprint density at radius 3 is 2.25 bits per heavy atom. The molecule has 0 aliphatic heterocycles. The van der Waals surface area contributed by atoms with Crippen molar-refractivity contribution in [3.8, 4) is 17.2 Å². The summed E-state index contributed by atoms with van der Waals surface area (Å²) in [4.78, 5) is 10.9. The van der Waals surface area contributed by atoms with E-state index in [1.54, 1.807) is 38.5 Å². The Hall–Kier alpha value is -2.49. The Morgan fingerprint density at radius 1 is 1.00 bits per heavy atom. The predicted molar refractivity (Wildman–Crippen MR) is 75.7 cm³/mol. The van der Waals surface area contributed by atoms with E-state index in [2.05, 4.69) is 0 Å². The van der Waals surface area contributed by atoms with Crippen molar-refractivity contribution in [2.75, 3.05) is 14.2 Å². The van der Waals surface area contributed by atoms with E-state index in [1.165, 1.54) is 0 Å². The molecule has 0 bridgehead atoms. The van der Waals surface area contributed by atoms with Gasteiger partial charge in [0.2, 0.25) is 0 Å². The molecule has 0 atom stereocenters. The number of carbonyl (C=O) groups excluding carboxylic acids is 1. The van der Waals surface area contributed by atoms with Crippen molar-refractivity contribution in [1.82, 2.24) is 0 Å². The van der Waals surface area contributed by atoms with Crippen LogP contribution in [-0.2, 0) is 6.61 Å². The van der Waals surface area contributed by atoms with Gasteiger partial charge in [0.15, 0.2) is 6.29 Å². The monoisotopic (exact) mass is 272 g/mol. The SMILES string of the molecule is COc1cc(COc2ccccc2C=O)cc(OC)c1. The summed E-state index contributed by atoms with van der Waals surface area (Å²) >= 11 is 0. The first-order valence-electron chi connectivity index (χ1n) is 6.15. The highest BCUT2D eigenvalue weighted by molar-refractivity contribution is 5.79. The van der Waals surface area contributed by atoms with E-state index >= 15 is 0 Å². The third-order valence-corrected chi connectivity index (χ3v) is 2.85. The molecule has 0 aliphatic rings. The lowest BCUT2D eigenvalue weighted by Gasteiger charge is -2.11. The molecule has 0 amide bonds. The van der Waals surface area contributed by atoms with Gasteiger partial charge < -0.3 is 14.2 Å². The minimum absolute atomic E-state index is 0.332. The number of hydrogen-bond donors (Lipinski definition) is 0. The first kappa shape index (κ1) is 13.9. The van der Waals surface area contributed by atoms with Gasteiger partial charge in [-0.25, -0.2) is 0 Å².